The van der Waals surface area contributed by atoms with Crippen LogP contribution in [0, 0.1) is 0 Å². The van der Waals surface area contributed by atoms with Crippen LogP contribution in [-0.4, -0.2) is 53.1 Å². The Kier molecular flexibility index (Phi) is 5.40. The van der Waals surface area contributed by atoms with E-state index >= 15 is 0 Å². The van der Waals surface area contributed by atoms with Crippen molar-refractivity contribution in [3.05, 3.63) is 47.6 Å². The van der Waals surface area contributed by atoms with Gasteiger partial charge in [0.05, 0.1) is 11.1 Å². The van der Waals surface area contributed by atoms with Gasteiger partial charge in [-0.1, -0.05) is 11.6 Å². The summed E-state index contributed by atoms with van der Waals surface area (Å²) in [5.74, 6) is 0.695. The van der Waals surface area contributed by atoms with Crippen molar-refractivity contribution in [2.75, 3.05) is 36.4 Å². The van der Waals surface area contributed by atoms with Gasteiger partial charge in [0.2, 0.25) is 5.91 Å². The molecule has 6 nitrogen and oxygen atoms in total. The number of phenolic OH excluding ortho intramolecular Hbond substituents is 1. The predicted octanol–water partition coefficient (Wildman–Crippen LogP) is 2.59. The number of halogens is 1. The maximum Gasteiger partial charge on any atom is 0.242 e. The van der Waals surface area contributed by atoms with E-state index in [0.29, 0.717) is 10.8 Å². The monoisotopic (exact) mass is 360 g/mol. The van der Waals surface area contributed by atoms with Crippen molar-refractivity contribution in [3.8, 4) is 5.75 Å². The number of piperazine rings is 1. The minimum Gasteiger partial charge on any atom is -0.508 e. The first-order chi connectivity index (χ1) is 12.0. The Morgan fingerprint density at radius 3 is 2.44 bits per heavy atom. The number of aromatic hydroxyl groups is 1. The number of hydrogen-bond acceptors (Lipinski definition) is 5. The Morgan fingerprint density at radius 1 is 1.16 bits per heavy atom. The van der Waals surface area contributed by atoms with Crippen molar-refractivity contribution in [1.29, 1.82) is 0 Å². The summed E-state index contributed by atoms with van der Waals surface area (Å²) < 4.78 is 0. The van der Waals surface area contributed by atoms with Gasteiger partial charge in [0.1, 0.15) is 11.6 Å². The van der Waals surface area contributed by atoms with Crippen LogP contribution in [0.1, 0.15) is 6.92 Å². The molecule has 132 valence electrons. The van der Waals surface area contributed by atoms with E-state index < -0.39 is 0 Å². The van der Waals surface area contributed by atoms with E-state index in [1.807, 2.05) is 19.1 Å². The zero-order valence-corrected chi connectivity index (χ0v) is 14.8. The molecule has 0 saturated carbocycles. The summed E-state index contributed by atoms with van der Waals surface area (Å²) in [6.45, 7) is 5.16. The first-order valence-corrected chi connectivity index (χ1v) is 8.61. The van der Waals surface area contributed by atoms with E-state index in [1.165, 1.54) is 6.20 Å². The number of amides is 1. The van der Waals surface area contributed by atoms with Crippen LogP contribution in [0.3, 0.4) is 0 Å². The lowest BCUT2D eigenvalue weighted by Gasteiger charge is -2.38. The summed E-state index contributed by atoms with van der Waals surface area (Å²) in [7, 11) is 0. The summed E-state index contributed by atoms with van der Waals surface area (Å²) in [6, 6.07) is 10.4. The molecule has 0 radical (unpaired) electrons. The van der Waals surface area contributed by atoms with E-state index in [0.717, 1.165) is 31.9 Å². The number of nitrogens with zero attached hydrogens (tertiary/aromatic N) is 3. The molecule has 1 aromatic carbocycles. The third-order valence-electron chi connectivity index (χ3n) is 4.43. The van der Waals surface area contributed by atoms with Gasteiger partial charge < -0.3 is 15.3 Å². The lowest BCUT2D eigenvalue weighted by Crippen LogP contribution is -2.52. The van der Waals surface area contributed by atoms with Gasteiger partial charge in [-0.15, -0.1) is 0 Å². The molecule has 2 aromatic rings. The lowest BCUT2D eigenvalue weighted by atomic mass is 10.2. The molecule has 3 rings (SSSR count). The number of phenols is 1. The summed E-state index contributed by atoms with van der Waals surface area (Å²) in [6.07, 6.45) is 1.51. The van der Waals surface area contributed by atoms with Crippen molar-refractivity contribution < 1.29 is 9.90 Å². The summed E-state index contributed by atoms with van der Waals surface area (Å²) in [4.78, 5) is 20.9. The molecule has 1 atom stereocenters. The smallest absolute Gasteiger partial charge is 0.242 e. The molecule has 0 unspecified atom stereocenters. The normalized spacial score (nSPS) is 16.5. The summed E-state index contributed by atoms with van der Waals surface area (Å²) in [5, 5.41) is 12.7. The molecule has 2 heterocycles. The number of nitrogens with one attached hydrogen (secondary N) is 1. The Morgan fingerprint density at radius 2 is 1.84 bits per heavy atom. The Bertz CT molecular complexity index is 713. The average Bonchev–Trinajstić information content (AvgIpc) is 2.64. The molecule has 0 bridgehead atoms. The number of rotatable bonds is 4. The molecule has 1 saturated heterocycles. The number of pyridine rings is 1. The lowest BCUT2D eigenvalue weighted by molar-refractivity contribution is -0.120. The van der Waals surface area contributed by atoms with Crippen LogP contribution in [-0.2, 0) is 4.79 Å². The first-order valence-electron chi connectivity index (χ1n) is 8.23. The second kappa shape index (κ2) is 7.72. The van der Waals surface area contributed by atoms with Gasteiger partial charge in [0.25, 0.3) is 0 Å². The Balaban J connectivity index is 1.53. The highest BCUT2D eigenvalue weighted by molar-refractivity contribution is 6.30. The molecule has 7 heteroatoms. The number of benzene rings is 1. The van der Waals surface area contributed by atoms with Crippen molar-refractivity contribution in [1.82, 2.24) is 9.88 Å². The van der Waals surface area contributed by atoms with Crippen LogP contribution >= 0.6 is 11.6 Å². The highest BCUT2D eigenvalue weighted by Gasteiger charge is 2.25. The summed E-state index contributed by atoms with van der Waals surface area (Å²) >= 11 is 5.80. The number of anilines is 2. The second-order valence-corrected chi connectivity index (χ2v) is 6.50. The van der Waals surface area contributed by atoms with Crippen LogP contribution in [0.2, 0.25) is 5.02 Å². The van der Waals surface area contributed by atoms with Crippen molar-refractivity contribution in [3.63, 3.8) is 0 Å². The zero-order chi connectivity index (χ0) is 17.8. The average molecular weight is 361 g/mol. The molecule has 1 aliphatic heterocycles. The van der Waals surface area contributed by atoms with Gasteiger partial charge in [-0.05, 0) is 43.3 Å². The third-order valence-corrected chi connectivity index (χ3v) is 4.66. The standard InChI is InChI=1S/C18H21ClN4O2/c1-13(18(25)21-17-7-2-14(19)12-20-17)22-8-10-23(11-9-22)15-3-5-16(24)6-4-15/h2-7,12-13,24H,8-11H2,1H3,(H,20,21,25)/t13-/m0/s1. The minimum atomic E-state index is -0.237. The van der Waals surface area contributed by atoms with Crippen LogP contribution in [0.5, 0.6) is 5.75 Å². The van der Waals surface area contributed by atoms with Gasteiger partial charge >= 0.3 is 0 Å². The Hall–Kier alpha value is -2.31. The molecule has 1 aromatic heterocycles. The van der Waals surface area contributed by atoms with Crippen LogP contribution in [0.15, 0.2) is 42.6 Å². The first kappa shape index (κ1) is 17.5. The van der Waals surface area contributed by atoms with E-state index in [1.54, 1.807) is 24.3 Å². The van der Waals surface area contributed by atoms with Crippen molar-refractivity contribution >= 4 is 29.0 Å². The fourth-order valence-corrected chi connectivity index (χ4v) is 2.99. The Labute approximate surface area is 152 Å². The van der Waals surface area contributed by atoms with Gasteiger partial charge in [-0.25, -0.2) is 4.98 Å². The highest BCUT2D eigenvalue weighted by atomic mass is 35.5. The van der Waals surface area contributed by atoms with E-state index in [4.69, 9.17) is 11.6 Å². The zero-order valence-electron chi connectivity index (χ0n) is 14.0. The molecule has 1 amide bonds. The van der Waals surface area contributed by atoms with Gasteiger partial charge in [-0.3, -0.25) is 9.69 Å². The molecular formula is C18H21ClN4O2. The maximum absolute atomic E-state index is 12.4. The van der Waals surface area contributed by atoms with Gasteiger partial charge in [-0.2, -0.15) is 0 Å². The van der Waals surface area contributed by atoms with Gasteiger partial charge in [0, 0.05) is 38.1 Å². The minimum absolute atomic E-state index is 0.0760. The molecular weight excluding hydrogens is 340 g/mol. The second-order valence-electron chi connectivity index (χ2n) is 6.07. The van der Waals surface area contributed by atoms with Crippen molar-refractivity contribution in [2.45, 2.75) is 13.0 Å². The van der Waals surface area contributed by atoms with Crippen LogP contribution < -0.4 is 10.2 Å². The van der Waals surface area contributed by atoms with Crippen LogP contribution in [0.25, 0.3) is 0 Å². The quantitative estimate of drug-likeness (QED) is 0.877. The maximum atomic E-state index is 12.4. The molecule has 1 aliphatic rings. The largest absolute Gasteiger partial charge is 0.508 e. The fourth-order valence-electron chi connectivity index (χ4n) is 2.88. The highest BCUT2D eigenvalue weighted by Crippen LogP contribution is 2.20. The number of aromatic nitrogens is 1. The summed E-state index contributed by atoms with van der Waals surface area (Å²) in [5.41, 5.74) is 1.08. The molecule has 1 fully saturated rings. The van der Waals surface area contributed by atoms with Crippen LogP contribution in [0.4, 0.5) is 11.5 Å². The topological polar surface area (TPSA) is 68.7 Å². The van der Waals surface area contributed by atoms with E-state index in [9.17, 15) is 9.90 Å². The van der Waals surface area contributed by atoms with E-state index in [2.05, 4.69) is 20.1 Å². The fraction of sp³-hybridized carbons (Fsp3) is 0.333. The SMILES string of the molecule is C[C@@H](C(=O)Nc1ccc(Cl)cn1)N1CCN(c2ccc(O)cc2)CC1. The number of carbonyl (C=O) groups excluding carboxylic acids is 1. The number of hydrogen-bond donors (Lipinski definition) is 2. The van der Waals surface area contributed by atoms with Crippen molar-refractivity contribution in [2.24, 2.45) is 0 Å². The van der Waals surface area contributed by atoms with E-state index in [-0.39, 0.29) is 17.7 Å². The molecule has 0 spiro atoms. The molecule has 0 aliphatic carbocycles. The number of carbonyl (C=O) groups is 1. The molecule has 2 N–H and O–H groups in total. The molecule has 25 heavy (non-hydrogen) atoms. The third kappa shape index (κ3) is 4.41. The predicted molar refractivity (Wildman–Crippen MR) is 99.2 cm³/mol. The van der Waals surface area contributed by atoms with Gasteiger partial charge in [0.15, 0.2) is 0 Å².